The first-order valence-corrected chi connectivity index (χ1v) is 7.19. The van der Waals surface area contributed by atoms with Crippen LogP contribution in [0.1, 0.15) is 19.0 Å². The van der Waals surface area contributed by atoms with Crippen LogP contribution in [0.2, 0.25) is 0 Å². The topological polar surface area (TPSA) is 74.7 Å². The monoisotopic (exact) mass is 275 g/mol. The van der Waals surface area contributed by atoms with Crippen molar-refractivity contribution >= 4 is 5.95 Å². The van der Waals surface area contributed by atoms with Gasteiger partial charge in [-0.3, -0.25) is 9.78 Å². The molecule has 108 valence electrons. The van der Waals surface area contributed by atoms with E-state index in [0.29, 0.717) is 0 Å². The molecule has 2 N–H and O–H groups in total. The van der Waals surface area contributed by atoms with Crippen LogP contribution in [0.15, 0.2) is 6.07 Å². The van der Waals surface area contributed by atoms with Gasteiger partial charge in [-0.15, -0.1) is 5.10 Å². The van der Waals surface area contributed by atoms with E-state index >= 15 is 0 Å². The van der Waals surface area contributed by atoms with Crippen molar-refractivity contribution in [2.24, 2.45) is 7.05 Å². The lowest BCUT2D eigenvalue weighted by molar-refractivity contribution is 0.724. The second-order valence-corrected chi connectivity index (χ2v) is 5.07. The largest absolute Gasteiger partial charge is 0.338 e. The molecule has 0 atom stereocenters. The molecule has 0 aromatic carbocycles. The Balaban J connectivity index is 1.83. The minimum Gasteiger partial charge on any atom is -0.338 e. The summed E-state index contributed by atoms with van der Waals surface area (Å²) in [7, 11) is 1.94. The third-order valence-electron chi connectivity index (χ3n) is 3.63. The van der Waals surface area contributed by atoms with Gasteiger partial charge >= 0.3 is 0 Å². The van der Waals surface area contributed by atoms with Gasteiger partial charge < -0.3 is 10.2 Å². The average molecular weight is 275 g/mol. The number of H-pyrrole nitrogens is 1. The molecule has 1 aliphatic rings. The third-order valence-corrected chi connectivity index (χ3v) is 3.63. The van der Waals surface area contributed by atoms with Crippen LogP contribution in [0.3, 0.4) is 0 Å². The van der Waals surface area contributed by atoms with E-state index in [1.54, 1.807) is 0 Å². The molecular formula is C13H21N7. The van der Waals surface area contributed by atoms with E-state index in [9.17, 15) is 0 Å². The number of anilines is 1. The lowest BCUT2D eigenvalue weighted by Crippen LogP contribution is -2.28. The highest BCUT2D eigenvalue weighted by Crippen LogP contribution is 2.19. The van der Waals surface area contributed by atoms with Gasteiger partial charge in [-0.05, 0) is 25.5 Å². The van der Waals surface area contributed by atoms with Crippen LogP contribution in [0.5, 0.6) is 0 Å². The van der Waals surface area contributed by atoms with Gasteiger partial charge in [-0.25, -0.2) is 0 Å². The quantitative estimate of drug-likeness (QED) is 0.856. The van der Waals surface area contributed by atoms with Crippen molar-refractivity contribution in [3.63, 3.8) is 0 Å². The van der Waals surface area contributed by atoms with Gasteiger partial charge in [0.25, 0.3) is 0 Å². The summed E-state index contributed by atoms with van der Waals surface area (Å²) in [5.74, 6) is 1.56. The molecule has 0 spiro atoms. The molecule has 1 aliphatic heterocycles. The smallest absolute Gasteiger partial charge is 0.245 e. The van der Waals surface area contributed by atoms with Crippen LogP contribution in [0, 0.1) is 0 Å². The van der Waals surface area contributed by atoms with Crippen LogP contribution >= 0.6 is 0 Å². The third kappa shape index (κ3) is 2.53. The minimum absolute atomic E-state index is 0.781. The fourth-order valence-electron chi connectivity index (χ4n) is 2.48. The molecule has 3 rings (SSSR count). The maximum Gasteiger partial charge on any atom is 0.245 e. The van der Waals surface area contributed by atoms with Crippen molar-refractivity contribution in [3.8, 4) is 11.5 Å². The molecule has 20 heavy (non-hydrogen) atoms. The highest BCUT2D eigenvalue weighted by molar-refractivity contribution is 5.52. The normalized spacial score (nSPS) is 16.4. The number of hydrogen-bond donors (Lipinski definition) is 2. The summed E-state index contributed by atoms with van der Waals surface area (Å²) in [6.07, 6.45) is 2.04. The van der Waals surface area contributed by atoms with Crippen LogP contribution in [0.4, 0.5) is 5.95 Å². The molecule has 7 heteroatoms. The van der Waals surface area contributed by atoms with Crippen LogP contribution < -0.4 is 10.2 Å². The van der Waals surface area contributed by atoms with E-state index in [4.69, 9.17) is 0 Å². The number of rotatable bonds is 3. The molecule has 1 fully saturated rings. The number of hydrogen-bond acceptors (Lipinski definition) is 5. The van der Waals surface area contributed by atoms with Gasteiger partial charge in [-0.1, -0.05) is 6.92 Å². The first kappa shape index (κ1) is 13.1. The SMILES string of the molecule is CCc1cc(-c2nc(N3CCCNCC3)n[nH]2)n(C)n1. The average Bonchev–Trinajstić information content (AvgIpc) is 2.97. The van der Waals surface area contributed by atoms with Gasteiger partial charge in [-0.2, -0.15) is 10.1 Å². The fourth-order valence-corrected chi connectivity index (χ4v) is 2.48. The molecule has 7 nitrogen and oxygen atoms in total. The molecule has 0 amide bonds. The number of nitrogens with one attached hydrogen (secondary N) is 2. The van der Waals surface area contributed by atoms with Gasteiger partial charge in [0.2, 0.25) is 5.95 Å². The van der Waals surface area contributed by atoms with Crippen molar-refractivity contribution in [1.29, 1.82) is 0 Å². The van der Waals surface area contributed by atoms with Crippen LogP contribution in [-0.2, 0) is 13.5 Å². The Morgan fingerprint density at radius 2 is 2.20 bits per heavy atom. The molecule has 0 bridgehead atoms. The van der Waals surface area contributed by atoms with Gasteiger partial charge in [0.1, 0.15) is 5.69 Å². The summed E-state index contributed by atoms with van der Waals surface area (Å²) >= 11 is 0. The van der Waals surface area contributed by atoms with Crippen molar-refractivity contribution in [2.45, 2.75) is 19.8 Å². The van der Waals surface area contributed by atoms with E-state index in [2.05, 4.69) is 43.5 Å². The molecule has 0 unspecified atom stereocenters. The highest BCUT2D eigenvalue weighted by Gasteiger charge is 2.16. The van der Waals surface area contributed by atoms with E-state index in [-0.39, 0.29) is 0 Å². The van der Waals surface area contributed by atoms with Crippen molar-refractivity contribution < 1.29 is 0 Å². The standard InChI is InChI=1S/C13H21N7/c1-3-10-9-11(19(2)18-10)12-15-13(17-16-12)20-7-4-5-14-6-8-20/h9,14H,3-8H2,1-2H3,(H,15,16,17). The molecule has 2 aromatic heterocycles. The van der Waals surface area contributed by atoms with Crippen LogP contribution in [0.25, 0.3) is 11.5 Å². The zero-order chi connectivity index (χ0) is 13.9. The van der Waals surface area contributed by atoms with Gasteiger partial charge in [0.15, 0.2) is 5.82 Å². The van der Waals surface area contributed by atoms with Crippen molar-refractivity contribution in [1.82, 2.24) is 30.3 Å². The van der Waals surface area contributed by atoms with Gasteiger partial charge in [0, 0.05) is 26.7 Å². The molecule has 0 radical (unpaired) electrons. The summed E-state index contributed by atoms with van der Waals surface area (Å²) in [6, 6.07) is 2.06. The van der Waals surface area contributed by atoms with Crippen molar-refractivity contribution in [3.05, 3.63) is 11.8 Å². The zero-order valence-electron chi connectivity index (χ0n) is 12.1. The van der Waals surface area contributed by atoms with E-state index < -0.39 is 0 Å². The molecule has 0 saturated carbocycles. The Labute approximate surface area is 118 Å². The number of aromatic amines is 1. The van der Waals surface area contributed by atoms with Crippen LogP contribution in [-0.4, -0.2) is 51.1 Å². The van der Waals surface area contributed by atoms with Crippen molar-refractivity contribution in [2.75, 3.05) is 31.1 Å². The molecular weight excluding hydrogens is 254 g/mol. The number of nitrogens with zero attached hydrogens (tertiary/aromatic N) is 5. The summed E-state index contributed by atoms with van der Waals surface area (Å²) in [5.41, 5.74) is 2.05. The first-order chi connectivity index (χ1) is 9.78. The summed E-state index contributed by atoms with van der Waals surface area (Å²) < 4.78 is 1.85. The second kappa shape index (κ2) is 5.62. The Morgan fingerprint density at radius 1 is 1.30 bits per heavy atom. The molecule has 2 aromatic rings. The summed E-state index contributed by atoms with van der Waals surface area (Å²) in [4.78, 5) is 6.84. The lowest BCUT2D eigenvalue weighted by atomic mass is 10.3. The highest BCUT2D eigenvalue weighted by atomic mass is 15.4. The Bertz CT molecular complexity index is 563. The second-order valence-electron chi connectivity index (χ2n) is 5.07. The predicted molar refractivity (Wildman–Crippen MR) is 77.7 cm³/mol. The molecule has 1 saturated heterocycles. The summed E-state index contributed by atoms with van der Waals surface area (Å²) in [6.45, 7) is 6.09. The van der Waals surface area contributed by atoms with Gasteiger partial charge in [0.05, 0.1) is 5.69 Å². The molecule has 3 heterocycles. The number of aromatic nitrogens is 5. The Hall–Kier alpha value is -1.89. The fraction of sp³-hybridized carbons (Fsp3) is 0.615. The van der Waals surface area contributed by atoms with E-state index in [1.165, 1.54) is 0 Å². The zero-order valence-corrected chi connectivity index (χ0v) is 12.1. The maximum absolute atomic E-state index is 4.62. The lowest BCUT2D eigenvalue weighted by Gasteiger charge is -2.16. The Morgan fingerprint density at radius 3 is 3.00 bits per heavy atom. The van der Waals surface area contributed by atoms with E-state index in [1.807, 2.05) is 11.7 Å². The maximum atomic E-state index is 4.62. The summed E-state index contributed by atoms with van der Waals surface area (Å²) in [5, 5.41) is 15.2. The first-order valence-electron chi connectivity index (χ1n) is 7.19. The minimum atomic E-state index is 0.781. The number of aryl methyl sites for hydroxylation is 2. The Kier molecular flexibility index (Phi) is 3.68. The predicted octanol–water partition coefficient (Wildman–Crippen LogP) is 0.567. The van der Waals surface area contributed by atoms with E-state index in [0.717, 1.165) is 62.2 Å². The molecule has 0 aliphatic carbocycles.